The first-order chi connectivity index (χ1) is 12.6. The molecule has 0 saturated heterocycles. The van der Waals surface area contributed by atoms with E-state index in [9.17, 15) is 14.7 Å². The summed E-state index contributed by atoms with van der Waals surface area (Å²) in [5, 5.41) is 12.9. The van der Waals surface area contributed by atoms with Crippen molar-refractivity contribution in [1.29, 1.82) is 0 Å². The van der Waals surface area contributed by atoms with E-state index in [4.69, 9.17) is 4.74 Å². The Morgan fingerprint density at radius 2 is 1.88 bits per heavy atom. The van der Waals surface area contributed by atoms with Crippen LogP contribution in [0, 0.1) is 0 Å². The molecule has 0 radical (unpaired) electrons. The number of hydrogen-bond donors (Lipinski definition) is 2. The van der Waals surface area contributed by atoms with Gasteiger partial charge in [-0.25, -0.2) is 4.79 Å². The van der Waals surface area contributed by atoms with Crippen molar-refractivity contribution >= 4 is 22.8 Å². The van der Waals surface area contributed by atoms with Crippen molar-refractivity contribution in [2.45, 2.75) is 12.5 Å². The molecule has 0 fully saturated rings. The fraction of sp³-hybridized carbons (Fsp3) is 0.150. The SMILES string of the molecule is COc1ccccc1C[C@@H](NC(=O)c1cccc2cccnc12)C(=O)O. The number of nitrogens with one attached hydrogen (secondary N) is 1. The maximum absolute atomic E-state index is 12.7. The number of carbonyl (C=O) groups is 2. The fourth-order valence-electron chi connectivity index (χ4n) is 2.82. The molecule has 2 aromatic carbocycles. The van der Waals surface area contributed by atoms with Gasteiger partial charge in [0.15, 0.2) is 0 Å². The summed E-state index contributed by atoms with van der Waals surface area (Å²) in [4.78, 5) is 28.6. The molecule has 1 heterocycles. The van der Waals surface area contributed by atoms with Crippen molar-refractivity contribution in [3.8, 4) is 5.75 Å². The molecule has 3 aromatic rings. The number of carbonyl (C=O) groups excluding carboxylic acids is 1. The number of para-hydroxylation sites is 2. The summed E-state index contributed by atoms with van der Waals surface area (Å²) < 4.78 is 5.26. The number of carboxylic acids is 1. The number of aromatic nitrogens is 1. The van der Waals surface area contributed by atoms with Crippen LogP contribution in [-0.4, -0.2) is 35.1 Å². The van der Waals surface area contributed by atoms with Gasteiger partial charge in [0.1, 0.15) is 11.8 Å². The van der Waals surface area contributed by atoms with Crippen molar-refractivity contribution in [2.75, 3.05) is 7.11 Å². The Bertz CT molecular complexity index is 950. The molecule has 2 N–H and O–H groups in total. The van der Waals surface area contributed by atoms with E-state index >= 15 is 0 Å². The third-order valence-corrected chi connectivity index (χ3v) is 4.10. The molecule has 0 unspecified atom stereocenters. The summed E-state index contributed by atoms with van der Waals surface area (Å²) in [5.74, 6) is -1.01. The lowest BCUT2D eigenvalue weighted by molar-refractivity contribution is -0.139. The smallest absolute Gasteiger partial charge is 0.326 e. The highest BCUT2D eigenvalue weighted by molar-refractivity contribution is 6.06. The van der Waals surface area contributed by atoms with Gasteiger partial charge < -0.3 is 15.2 Å². The monoisotopic (exact) mass is 350 g/mol. The number of amides is 1. The predicted octanol–water partition coefficient (Wildman–Crippen LogP) is 2.67. The van der Waals surface area contributed by atoms with Crippen LogP contribution in [-0.2, 0) is 11.2 Å². The second-order valence-electron chi connectivity index (χ2n) is 5.76. The molecular formula is C20H18N2O4. The van der Waals surface area contributed by atoms with Crippen LogP contribution in [0.25, 0.3) is 10.9 Å². The van der Waals surface area contributed by atoms with Gasteiger partial charge in [0.25, 0.3) is 5.91 Å². The number of rotatable bonds is 6. The lowest BCUT2D eigenvalue weighted by Gasteiger charge is -2.17. The van der Waals surface area contributed by atoms with E-state index < -0.39 is 17.9 Å². The van der Waals surface area contributed by atoms with E-state index in [-0.39, 0.29) is 6.42 Å². The van der Waals surface area contributed by atoms with Crippen molar-refractivity contribution in [3.63, 3.8) is 0 Å². The summed E-state index contributed by atoms with van der Waals surface area (Å²) >= 11 is 0. The number of methoxy groups -OCH3 is 1. The van der Waals surface area contributed by atoms with Crippen LogP contribution in [0.4, 0.5) is 0 Å². The number of pyridine rings is 1. The maximum atomic E-state index is 12.7. The molecule has 1 atom stereocenters. The first-order valence-electron chi connectivity index (χ1n) is 8.09. The molecule has 26 heavy (non-hydrogen) atoms. The average molecular weight is 350 g/mol. The standard InChI is InChI=1S/C20H18N2O4/c1-26-17-10-3-2-6-14(17)12-16(20(24)25)22-19(23)15-9-4-7-13-8-5-11-21-18(13)15/h2-11,16H,12H2,1H3,(H,22,23)(H,24,25)/t16-/m1/s1. The molecule has 0 saturated carbocycles. The van der Waals surface area contributed by atoms with Crippen molar-refractivity contribution < 1.29 is 19.4 Å². The lowest BCUT2D eigenvalue weighted by Crippen LogP contribution is -2.42. The number of hydrogen-bond acceptors (Lipinski definition) is 4. The van der Waals surface area contributed by atoms with Gasteiger partial charge in [0.05, 0.1) is 18.2 Å². The number of nitrogens with zero attached hydrogens (tertiary/aromatic N) is 1. The molecule has 0 aliphatic heterocycles. The Morgan fingerprint density at radius 1 is 1.12 bits per heavy atom. The minimum atomic E-state index is -1.11. The third kappa shape index (κ3) is 3.64. The topological polar surface area (TPSA) is 88.5 Å². The molecule has 1 amide bonds. The van der Waals surface area contributed by atoms with Crippen molar-refractivity contribution in [2.24, 2.45) is 0 Å². The van der Waals surface area contributed by atoms with Gasteiger partial charge in [-0.2, -0.15) is 0 Å². The molecule has 1 aromatic heterocycles. The van der Waals surface area contributed by atoms with Crippen molar-refractivity contribution in [3.05, 3.63) is 71.9 Å². The lowest BCUT2D eigenvalue weighted by atomic mass is 10.0. The van der Waals surface area contributed by atoms with E-state index in [0.29, 0.717) is 22.4 Å². The quantitative estimate of drug-likeness (QED) is 0.713. The van der Waals surface area contributed by atoms with Crippen LogP contribution >= 0.6 is 0 Å². The van der Waals surface area contributed by atoms with E-state index in [1.807, 2.05) is 12.1 Å². The Labute approximate surface area is 150 Å². The molecule has 0 aliphatic carbocycles. The van der Waals surface area contributed by atoms with Crippen molar-refractivity contribution in [1.82, 2.24) is 10.3 Å². The van der Waals surface area contributed by atoms with E-state index in [1.165, 1.54) is 7.11 Å². The number of carboxylic acid groups (broad SMARTS) is 1. The summed E-state index contributed by atoms with van der Waals surface area (Å²) in [7, 11) is 1.52. The largest absolute Gasteiger partial charge is 0.496 e. The molecule has 0 bridgehead atoms. The van der Waals surface area contributed by atoms with Crippen LogP contribution in [0.5, 0.6) is 5.75 Å². The van der Waals surface area contributed by atoms with Crippen LogP contribution in [0.3, 0.4) is 0 Å². The van der Waals surface area contributed by atoms with Gasteiger partial charge in [-0.15, -0.1) is 0 Å². The zero-order valence-electron chi connectivity index (χ0n) is 14.2. The Hall–Kier alpha value is -3.41. The van der Waals surface area contributed by atoms with E-state index in [1.54, 1.807) is 48.7 Å². The summed E-state index contributed by atoms with van der Waals surface area (Å²) in [6.45, 7) is 0. The molecule has 6 heteroatoms. The fourth-order valence-corrected chi connectivity index (χ4v) is 2.82. The summed E-state index contributed by atoms with van der Waals surface area (Å²) in [5.41, 5.74) is 1.59. The molecule has 3 rings (SSSR count). The first kappa shape index (κ1) is 17.4. The molecule has 0 aliphatic rings. The highest BCUT2D eigenvalue weighted by Crippen LogP contribution is 2.20. The maximum Gasteiger partial charge on any atom is 0.326 e. The number of benzene rings is 2. The second kappa shape index (κ2) is 7.65. The van der Waals surface area contributed by atoms with Gasteiger partial charge in [-0.3, -0.25) is 9.78 Å². The molecular weight excluding hydrogens is 332 g/mol. The summed E-state index contributed by atoms with van der Waals surface area (Å²) in [6.07, 6.45) is 1.71. The van der Waals surface area contributed by atoms with Crippen LogP contribution in [0.1, 0.15) is 15.9 Å². The molecule has 6 nitrogen and oxygen atoms in total. The average Bonchev–Trinajstić information content (AvgIpc) is 2.67. The molecule has 0 spiro atoms. The number of ether oxygens (including phenoxy) is 1. The zero-order chi connectivity index (χ0) is 18.5. The second-order valence-corrected chi connectivity index (χ2v) is 5.76. The number of aliphatic carboxylic acids is 1. The van der Waals surface area contributed by atoms with Gasteiger partial charge in [-0.1, -0.05) is 36.4 Å². The first-order valence-corrected chi connectivity index (χ1v) is 8.09. The highest BCUT2D eigenvalue weighted by Gasteiger charge is 2.23. The Balaban J connectivity index is 1.86. The summed E-state index contributed by atoms with van der Waals surface area (Å²) in [6, 6.07) is 14.9. The Morgan fingerprint density at radius 3 is 2.65 bits per heavy atom. The van der Waals surface area contributed by atoms with Gasteiger partial charge in [-0.05, 0) is 23.8 Å². The Kier molecular flexibility index (Phi) is 5.12. The van der Waals surface area contributed by atoms with Gasteiger partial charge in [0, 0.05) is 18.0 Å². The third-order valence-electron chi connectivity index (χ3n) is 4.10. The zero-order valence-corrected chi connectivity index (χ0v) is 14.2. The number of fused-ring (bicyclic) bond motifs is 1. The van der Waals surface area contributed by atoms with Crippen LogP contribution < -0.4 is 10.1 Å². The molecule has 132 valence electrons. The minimum absolute atomic E-state index is 0.114. The van der Waals surface area contributed by atoms with Gasteiger partial charge in [0.2, 0.25) is 0 Å². The highest BCUT2D eigenvalue weighted by atomic mass is 16.5. The van der Waals surface area contributed by atoms with Crippen LogP contribution in [0.2, 0.25) is 0 Å². The van der Waals surface area contributed by atoms with Gasteiger partial charge >= 0.3 is 5.97 Å². The van der Waals surface area contributed by atoms with Crippen LogP contribution in [0.15, 0.2) is 60.8 Å². The van der Waals surface area contributed by atoms with E-state index in [2.05, 4.69) is 10.3 Å². The minimum Gasteiger partial charge on any atom is -0.496 e. The predicted molar refractivity (Wildman–Crippen MR) is 97.3 cm³/mol. The normalized spacial score (nSPS) is 11.7. The van der Waals surface area contributed by atoms with E-state index in [0.717, 1.165) is 5.39 Å².